The summed E-state index contributed by atoms with van der Waals surface area (Å²) in [4.78, 5) is 14.1. The smallest absolute Gasteiger partial charge is 0.239 e. The van der Waals surface area contributed by atoms with Gasteiger partial charge in [-0.3, -0.25) is 4.79 Å². The molecule has 0 aromatic carbocycles. The Kier molecular flexibility index (Phi) is 4.51. The van der Waals surface area contributed by atoms with E-state index in [2.05, 4.69) is 26.1 Å². The SMILES string of the molecule is CC1CCCC(O)(CN2CCC(NC(C)C)C2=O)C1. The van der Waals surface area contributed by atoms with E-state index in [0.717, 1.165) is 32.2 Å². The summed E-state index contributed by atoms with van der Waals surface area (Å²) in [5.41, 5.74) is -0.653. The summed E-state index contributed by atoms with van der Waals surface area (Å²) in [5, 5.41) is 14.0. The van der Waals surface area contributed by atoms with Crippen LogP contribution in [-0.4, -0.2) is 46.7 Å². The average molecular weight is 268 g/mol. The number of nitrogens with zero attached hydrogens (tertiary/aromatic N) is 1. The van der Waals surface area contributed by atoms with Crippen LogP contribution >= 0.6 is 0 Å². The number of likely N-dealkylation sites (tertiary alicyclic amines) is 1. The van der Waals surface area contributed by atoms with Crippen molar-refractivity contribution in [3.05, 3.63) is 0 Å². The number of β-amino-alcohol motifs (C(OH)–C–C–N with tert-alkyl or cyclic N) is 1. The molecule has 110 valence electrons. The summed E-state index contributed by atoms with van der Waals surface area (Å²) in [5.74, 6) is 0.737. The molecule has 0 aromatic rings. The standard InChI is InChI=1S/C15H28N2O2/c1-11(2)16-13-6-8-17(14(13)18)10-15(19)7-4-5-12(3)9-15/h11-13,16,19H,4-10H2,1-3H3. The number of rotatable bonds is 4. The molecular weight excluding hydrogens is 240 g/mol. The fourth-order valence-electron chi connectivity index (χ4n) is 3.58. The first-order chi connectivity index (χ1) is 8.89. The minimum atomic E-state index is -0.653. The van der Waals surface area contributed by atoms with Gasteiger partial charge in [0.2, 0.25) is 5.91 Å². The third-order valence-electron chi connectivity index (χ3n) is 4.38. The molecule has 0 radical (unpaired) electrons. The number of nitrogens with one attached hydrogen (secondary N) is 1. The topological polar surface area (TPSA) is 52.6 Å². The second-order valence-corrected chi connectivity index (χ2v) is 6.85. The van der Waals surface area contributed by atoms with Gasteiger partial charge in [0.25, 0.3) is 0 Å². The fraction of sp³-hybridized carbons (Fsp3) is 0.933. The Balaban J connectivity index is 1.91. The van der Waals surface area contributed by atoms with Gasteiger partial charge in [0.1, 0.15) is 0 Å². The van der Waals surface area contributed by atoms with Crippen molar-refractivity contribution >= 4 is 5.91 Å². The lowest BCUT2D eigenvalue weighted by molar-refractivity contribution is -0.134. The van der Waals surface area contributed by atoms with Crippen molar-refractivity contribution in [2.75, 3.05) is 13.1 Å². The number of carbonyl (C=O) groups excluding carboxylic acids is 1. The maximum atomic E-state index is 12.3. The molecule has 0 aromatic heterocycles. The molecule has 3 atom stereocenters. The Morgan fingerprint density at radius 1 is 1.47 bits per heavy atom. The van der Waals surface area contributed by atoms with E-state index in [1.165, 1.54) is 6.42 Å². The summed E-state index contributed by atoms with van der Waals surface area (Å²) in [6.45, 7) is 7.62. The second-order valence-electron chi connectivity index (χ2n) is 6.85. The largest absolute Gasteiger partial charge is 0.388 e. The van der Waals surface area contributed by atoms with Crippen molar-refractivity contribution in [3.63, 3.8) is 0 Å². The summed E-state index contributed by atoms with van der Waals surface area (Å²) >= 11 is 0. The van der Waals surface area contributed by atoms with Gasteiger partial charge in [-0.1, -0.05) is 33.6 Å². The van der Waals surface area contributed by atoms with Crippen LogP contribution in [0.3, 0.4) is 0 Å². The van der Waals surface area contributed by atoms with Gasteiger partial charge in [0.05, 0.1) is 11.6 Å². The highest BCUT2D eigenvalue weighted by molar-refractivity contribution is 5.84. The van der Waals surface area contributed by atoms with Gasteiger partial charge in [-0.2, -0.15) is 0 Å². The first-order valence-electron chi connectivity index (χ1n) is 7.67. The molecule has 1 heterocycles. The highest BCUT2D eigenvalue weighted by Gasteiger charge is 2.39. The van der Waals surface area contributed by atoms with E-state index in [9.17, 15) is 9.90 Å². The number of amides is 1. The van der Waals surface area contributed by atoms with Crippen LogP contribution in [0.25, 0.3) is 0 Å². The van der Waals surface area contributed by atoms with Gasteiger partial charge in [-0.15, -0.1) is 0 Å². The Hall–Kier alpha value is -0.610. The molecule has 19 heavy (non-hydrogen) atoms. The van der Waals surface area contributed by atoms with Crippen molar-refractivity contribution in [3.8, 4) is 0 Å². The molecule has 2 aliphatic rings. The lowest BCUT2D eigenvalue weighted by atomic mass is 9.78. The highest BCUT2D eigenvalue weighted by atomic mass is 16.3. The fourth-order valence-corrected chi connectivity index (χ4v) is 3.58. The van der Waals surface area contributed by atoms with Crippen LogP contribution in [-0.2, 0) is 4.79 Å². The first-order valence-corrected chi connectivity index (χ1v) is 7.67. The van der Waals surface area contributed by atoms with Crippen molar-refractivity contribution < 1.29 is 9.90 Å². The van der Waals surface area contributed by atoms with Crippen molar-refractivity contribution in [1.29, 1.82) is 0 Å². The summed E-state index contributed by atoms with van der Waals surface area (Å²) in [7, 11) is 0. The summed E-state index contributed by atoms with van der Waals surface area (Å²) in [6.07, 6.45) is 4.81. The van der Waals surface area contributed by atoms with E-state index in [1.807, 2.05) is 4.90 Å². The van der Waals surface area contributed by atoms with E-state index < -0.39 is 5.60 Å². The van der Waals surface area contributed by atoms with Crippen LogP contribution < -0.4 is 5.32 Å². The zero-order valence-electron chi connectivity index (χ0n) is 12.5. The number of hydrogen-bond acceptors (Lipinski definition) is 3. The minimum absolute atomic E-state index is 0.0513. The highest BCUT2D eigenvalue weighted by Crippen LogP contribution is 2.33. The van der Waals surface area contributed by atoms with Gasteiger partial charge >= 0.3 is 0 Å². The molecule has 2 N–H and O–H groups in total. The molecule has 2 rings (SSSR count). The molecule has 1 aliphatic heterocycles. The van der Waals surface area contributed by atoms with Gasteiger partial charge < -0.3 is 15.3 Å². The molecule has 1 saturated carbocycles. The van der Waals surface area contributed by atoms with Crippen molar-refractivity contribution in [2.24, 2.45) is 5.92 Å². The zero-order valence-corrected chi connectivity index (χ0v) is 12.5. The van der Waals surface area contributed by atoms with E-state index in [1.54, 1.807) is 0 Å². The number of hydrogen-bond donors (Lipinski definition) is 2. The lowest BCUT2D eigenvalue weighted by Crippen LogP contribution is -2.49. The third kappa shape index (κ3) is 3.69. The minimum Gasteiger partial charge on any atom is -0.388 e. The zero-order chi connectivity index (χ0) is 14.0. The molecule has 2 fully saturated rings. The van der Waals surface area contributed by atoms with Gasteiger partial charge in [-0.25, -0.2) is 0 Å². The molecule has 0 bridgehead atoms. The van der Waals surface area contributed by atoms with Crippen molar-refractivity contribution in [1.82, 2.24) is 10.2 Å². The molecular formula is C15H28N2O2. The average Bonchev–Trinajstić information content (AvgIpc) is 2.60. The Bertz CT molecular complexity index is 332. The van der Waals surface area contributed by atoms with Crippen LogP contribution in [0, 0.1) is 5.92 Å². The van der Waals surface area contributed by atoms with E-state index >= 15 is 0 Å². The van der Waals surface area contributed by atoms with Crippen LogP contribution in [0.2, 0.25) is 0 Å². The predicted molar refractivity (Wildman–Crippen MR) is 75.8 cm³/mol. The molecule has 0 spiro atoms. The summed E-state index contributed by atoms with van der Waals surface area (Å²) < 4.78 is 0. The molecule has 1 saturated heterocycles. The maximum absolute atomic E-state index is 12.3. The molecule has 1 aliphatic carbocycles. The predicted octanol–water partition coefficient (Wildman–Crippen LogP) is 1.53. The Morgan fingerprint density at radius 3 is 2.84 bits per heavy atom. The maximum Gasteiger partial charge on any atom is 0.239 e. The summed E-state index contributed by atoms with van der Waals surface area (Å²) in [6, 6.07) is 0.274. The van der Waals surface area contributed by atoms with Crippen LogP contribution in [0.15, 0.2) is 0 Å². The monoisotopic (exact) mass is 268 g/mol. The number of aliphatic hydroxyl groups is 1. The quantitative estimate of drug-likeness (QED) is 0.813. The van der Waals surface area contributed by atoms with Gasteiger partial charge in [-0.05, 0) is 25.2 Å². The first kappa shape index (κ1) is 14.8. The molecule has 1 amide bonds. The molecule has 4 nitrogen and oxygen atoms in total. The van der Waals surface area contributed by atoms with E-state index in [-0.39, 0.29) is 11.9 Å². The van der Waals surface area contributed by atoms with Crippen LogP contribution in [0.4, 0.5) is 0 Å². The van der Waals surface area contributed by atoms with Crippen molar-refractivity contribution in [2.45, 2.75) is 70.6 Å². The normalized spacial score (nSPS) is 36.3. The Morgan fingerprint density at radius 2 is 2.21 bits per heavy atom. The number of carbonyl (C=O) groups is 1. The van der Waals surface area contributed by atoms with E-state index in [4.69, 9.17) is 0 Å². The second kappa shape index (κ2) is 5.80. The van der Waals surface area contributed by atoms with E-state index in [0.29, 0.717) is 18.5 Å². The third-order valence-corrected chi connectivity index (χ3v) is 4.38. The van der Waals surface area contributed by atoms with Gasteiger partial charge in [0.15, 0.2) is 0 Å². The molecule has 4 heteroatoms. The van der Waals surface area contributed by atoms with Gasteiger partial charge in [0, 0.05) is 19.1 Å². The van der Waals surface area contributed by atoms with Crippen LogP contribution in [0.5, 0.6) is 0 Å². The Labute approximate surface area is 116 Å². The molecule has 3 unspecified atom stereocenters. The lowest BCUT2D eigenvalue weighted by Gasteiger charge is -2.38. The van der Waals surface area contributed by atoms with Crippen LogP contribution in [0.1, 0.15) is 52.9 Å².